The predicted octanol–water partition coefficient (Wildman–Crippen LogP) is 0.889. The van der Waals surface area contributed by atoms with E-state index in [0.29, 0.717) is 10.3 Å². The van der Waals surface area contributed by atoms with Gasteiger partial charge in [-0.05, 0) is 12.1 Å². The maximum atomic E-state index is 11.4. The highest BCUT2D eigenvalue weighted by Crippen LogP contribution is 2.11. The molecule has 4 heteroatoms. The normalized spacial score (nSPS) is 21.2. The van der Waals surface area contributed by atoms with Gasteiger partial charge in [0.25, 0.3) is 0 Å². The number of cyclic esters (lactones) is 1. The number of carbonyl (C=O) groups excluding carboxylic acids is 1. The van der Waals surface area contributed by atoms with Crippen molar-refractivity contribution >= 4 is 11.7 Å². The number of rotatable bonds is 1. The third-order valence-electron chi connectivity index (χ3n) is 2.07. The summed E-state index contributed by atoms with van der Waals surface area (Å²) in [4.78, 5) is 11.3. The van der Waals surface area contributed by atoms with E-state index in [1.165, 1.54) is 0 Å². The summed E-state index contributed by atoms with van der Waals surface area (Å²) in [5.74, 6) is -0.557. The van der Waals surface area contributed by atoms with Crippen molar-refractivity contribution in [3.63, 3.8) is 0 Å². The number of ether oxygens (including phenoxy) is 1. The molecule has 72 valence electrons. The smallest absolute Gasteiger partial charge is 0.410 e. The van der Waals surface area contributed by atoms with E-state index in [0.717, 1.165) is 0 Å². The van der Waals surface area contributed by atoms with Crippen LogP contribution in [0.4, 0.5) is 0 Å². The first-order valence-corrected chi connectivity index (χ1v) is 4.30. The molecule has 4 nitrogen and oxygen atoms in total. The molecular formula is C10H9NO3. The Hall–Kier alpha value is -1.84. The van der Waals surface area contributed by atoms with Crippen LogP contribution in [0.3, 0.4) is 0 Å². The predicted molar refractivity (Wildman–Crippen MR) is 49.7 cm³/mol. The molecule has 0 unspecified atom stereocenters. The minimum absolute atomic E-state index is 0.0816. The minimum Gasteiger partial charge on any atom is -0.620 e. The van der Waals surface area contributed by atoms with Crippen LogP contribution in [0.2, 0.25) is 0 Å². The number of carbonyl (C=O) groups is 1. The van der Waals surface area contributed by atoms with Crippen molar-refractivity contribution in [3.8, 4) is 0 Å². The molecule has 0 N–H and O–H groups in total. The molecule has 0 aromatic heterocycles. The largest absolute Gasteiger partial charge is 0.620 e. The Morgan fingerprint density at radius 3 is 2.50 bits per heavy atom. The zero-order valence-corrected chi connectivity index (χ0v) is 7.64. The molecule has 0 amide bonds. The van der Waals surface area contributed by atoms with Gasteiger partial charge in [0.05, 0.1) is 5.56 Å². The molecule has 2 rings (SSSR count). The summed E-state index contributed by atoms with van der Waals surface area (Å²) in [5.41, 5.74) is 0.676. The summed E-state index contributed by atoms with van der Waals surface area (Å²) in [5, 5.41) is 11.4. The van der Waals surface area contributed by atoms with Crippen molar-refractivity contribution in [1.29, 1.82) is 0 Å². The first-order valence-electron chi connectivity index (χ1n) is 4.30. The van der Waals surface area contributed by atoms with Crippen LogP contribution in [-0.2, 0) is 9.53 Å². The van der Waals surface area contributed by atoms with Gasteiger partial charge in [-0.25, -0.2) is 4.79 Å². The molecule has 1 aromatic carbocycles. The van der Waals surface area contributed by atoms with Crippen LogP contribution in [0.1, 0.15) is 12.5 Å². The van der Waals surface area contributed by atoms with E-state index >= 15 is 0 Å². The van der Waals surface area contributed by atoms with Gasteiger partial charge in [0.15, 0.2) is 0 Å². The van der Waals surface area contributed by atoms with Crippen LogP contribution in [0.25, 0.3) is 0 Å². The van der Waals surface area contributed by atoms with Gasteiger partial charge in [-0.1, -0.05) is 18.2 Å². The monoisotopic (exact) mass is 191 g/mol. The van der Waals surface area contributed by atoms with Gasteiger partial charge >= 0.3 is 17.9 Å². The molecular weight excluding hydrogens is 182 g/mol. The van der Waals surface area contributed by atoms with Crippen LogP contribution >= 0.6 is 0 Å². The van der Waals surface area contributed by atoms with Crippen molar-refractivity contribution in [3.05, 3.63) is 41.1 Å². The topological polar surface area (TPSA) is 52.4 Å². The first kappa shape index (κ1) is 8.74. The highest BCUT2D eigenvalue weighted by Gasteiger charge is 2.36. The van der Waals surface area contributed by atoms with Gasteiger partial charge in [-0.3, -0.25) is 0 Å². The second-order valence-corrected chi connectivity index (χ2v) is 3.05. The van der Waals surface area contributed by atoms with E-state index in [1.54, 1.807) is 31.2 Å². The number of esters is 1. The van der Waals surface area contributed by atoms with Crippen molar-refractivity contribution in [2.45, 2.75) is 13.2 Å². The quantitative estimate of drug-likeness (QED) is 0.376. The number of hydrogen-bond acceptors (Lipinski definition) is 3. The Morgan fingerprint density at radius 1 is 1.36 bits per heavy atom. The van der Waals surface area contributed by atoms with Crippen LogP contribution in [-0.4, -0.2) is 22.6 Å². The molecule has 1 heterocycles. The molecule has 1 aromatic rings. The van der Waals surface area contributed by atoms with E-state index in [2.05, 4.69) is 0 Å². The average molecular weight is 191 g/mol. The number of benzene rings is 1. The van der Waals surface area contributed by atoms with Crippen LogP contribution in [0.5, 0.6) is 0 Å². The molecule has 0 bridgehead atoms. The highest BCUT2D eigenvalue weighted by molar-refractivity contribution is 6.41. The maximum Gasteiger partial charge on any atom is 0.410 e. The van der Waals surface area contributed by atoms with Gasteiger partial charge in [-0.15, -0.1) is 0 Å². The second-order valence-electron chi connectivity index (χ2n) is 3.05. The van der Waals surface area contributed by atoms with Crippen LogP contribution in [0.15, 0.2) is 30.3 Å². The molecule has 0 saturated heterocycles. The second kappa shape index (κ2) is 3.14. The number of nitrogens with zero attached hydrogens (tertiary/aromatic N) is 1. The molecule has 1 atom stereocenters. The van der Waals surface area contributed by atoms with Crippen molar-refractivity contribution in [2.75, 3.05) is 0 Å². The Labute approximate surface area is 81.0 Å². The zero-order chi connectivity index (χ0) is 10.1. The van der Waals surface area contributed by atoms with E-state index in [1.807, 2.05) is 6.07 Å². The zero-order valence-electron chi connectivity index (χ0n) is 7.64. The van der Waals surface area contributed by atoms with E-state index < -0.39 is 12.2 Å². The molecule has 0 saturated carbocycles. The molecule has 0 aliphatic carbocycles. The van der Waals surface area contributed by atoms with Gasteiger partial charge in [0, 0.05) is 6.92 Å². The third kappa shape index (κ3) is 1.25. The Bertz CT molecular complexity index is 397. The Morgan fingerprint density at radius 2 is 2.00 bits per heavy atom. The Kier molecular flexibility index (Phi) is 1.96. The first-order chi connectivity index (χ1) is 6.70. The third-order valence-corrected chi connectivity index (χ3v) is 2.07. The van der Waals surface area contributed by atoms with E-state index in [4.69, 9.17) is 4.74 Å². The molecule has 0 spiro atoms. The summed E-state index contributed by atoms with van der Waals surface area (Å²) >= 11 is 0. The molecule has 1 aliphatic rings. The molecule has 1 aliphatic heterocycles. The van der Waals surface area contributed by atoms with Gasteiger partial charge in [0.2, 0.25) is 0 Å². The van der Waals surface area contributed by atoms with E-state index in [9.17, 15) is 10.0 Å². The maximum absolute atomic E-state index is 11.4. The van der Waals surface area contributed by atoms with Gasteiger partial charge in [-0.2, -0.15) is 4.74 Å². The lowest BCUT2D eigenvalue weighted by Gasteiger charge is -2.02. The summed E-state index contributed by atoms with van der Waals surface area (Å²) < 4.78 is 5.37. The fraction of sp³-hybridized carbons (Fsp3) is 0.200. The summed E-state index contributed by atoms with van der Waals surface area (Å²) in [6, 6.07) is 8.78. The number of hydroxylamine groups is 1. The lowest BCUT2D eigenvalue weighted by Crippen LogP contribution is -2.18. The lowest BCUT2D eigenvalue weighted by atomic mass is 10.1. The fourth-order valence-electron chi connectivity index (χ4n) is 1.37. The standard InChI is InChI=1S/C10H9NO3/c1-7-11(13)9(10(12)14-7)8-5-3-2-4-6-8/h2-7H,1H3/t7-/m0/s1. The van der Waals surface area contributed by atoms with Gasteiger partial charge < -0.3 is 9.94 Å². The molecule has 0 radical (unpaired) electrons. The van der Waals surface area contributed by atoms with Crippen molar-refractivity contribution in [1.82, 2.24) is 0 Å². The average Bonchev–Trinajstić information content (AvgIpc) is 2.43. The molecule has 0 fully saturated rings. The lowest BCUT2D eigenvalue weighted by molar-refractivity contribution is -0.528. The van der Waals surface area contributed by atoms with E-state index in [-0.39, 0.29) is 5.71 Å². The van der Waals surface area contributed by atoms with Crippen molar-refractivity contribution < 1.29 is 14.3 Å². The van der Waals surface area contributed by atoms with Crippen LogP contribution < -0.4 is 0 Å². The minimum atomic E-state index is -0.724. The SMILES string of the molecule is C[C@@H]1OC(=O)C(c2ccccc2)=[N+]1[O-]. The number of hydrogen-bond donors (Lipinski definition) is 0. The van der Waals surface area contributed by atoms with Crippen LogP contribution in [0, 0.1) is 5.21 Å². The molecule has 14 heavy (non-hydrogen) atoms. The fourth-order valence-corrected chi connectivity index (χ4v) is 1.37. The Balaban J connectivity index is 2.49. The summed E-state index contributed by atoms with van der Waals surface area (Å²) in [7, 11) is 0. The highest BCUT2D eigenvalue weighted by atomic mass is 16.6. The van der Waals surface area contributed by atoms with Crippen molar-refractivity contribution in [2.24, 2.45) is 0 Å². The summed E-state index contributed by atoms with van der Waals surface area (Å²) in [6.45, 7) is 1.54. The summed E-state index contributed by atoms with van der Waals surface area (Å²) in [6.07, 6.45) is -0.724. The van der Waals surface area contributed by atoms with Gasteiger partial charge in [0.1, 0.15) is 0 Å².